The Morgan fingerprint density at radius 2 is 2.00 bits per heavy atom. The maximum Gasteiger partial charge on any atom is 0.243 e. The van der Waals surface area contributed by atoms with Crippen molar-refractivity contribution in [3.8, 4) is 0 Å². The van der Waals surface area contributed by atoms with E-state index in [2.05, 4.69) is 10.4 Å². The Bertz CT molecular complexity index is 947. The lowest BCUT2D eigenvalue weighted by Crippen LogP contribution is -2.27. The van der Waals surface area contributed by atoms with E-state index in [4.69, 9.17) is 0 Å². The molecular weight excluding hydrogens is 340 g/mol. The van der Waals surface area contributed by atoms with Gasteiger partial charge in [-0.3, -0.25) is 9.48 Å². The fourth-order valence-electron chi connectivity index (χ4n) is 3.05. The van der Waals surface area contributed by atoms with Crippen LogP contribution in [0.5, 0.6) is 0 Å². The predicted molar refractivity (Wildman–Crippen MR) is 94.7 cm³/mol. The summed E-state index contributed by atoms with van der Waals surface area (Å²) in [5, 5.41) is 7.11. The van der Waals surface area contributed by atoms with Gasteiger partial charge in [-0.05, 0) is 44.0 Å². The van der Waals surface area contributed by atoms with Crippen LogP contribution in [0.15, 0.2) is 23.1 Å². The molecule has 0 aliphatic carbocycles. The molecule has 25 heavy (non-hydrogen) atoms. The molecule has 1 aliphatic rings. The minimum absolute atomic E-state index is 0.0391. The van der Waals surface area contributed by atoms with Crippen molar-refractivity contribution >= 4 is 21.6 Å². The minimum atomic E-state index is -3.62. The van der Waals surface area contributed by atoms with Crippen molar-refractivity contribution < 1.29 is 13.2 Å². The highest BCUT2D eigenvalue weighted by molar-refractivity contribution is 7.89. The number of nitrogens with zero attached hydrogens (tertiary/aromatic N) is 3. The van der Waals surface area contributed by atoms with Crippen LogP contribution >= 0.6 is 0 Å². The first kappa shape index (κ1) is 17.6. The number of fused-ring (bicyclic) bond motifs is 1. The predicted octanol–water partition coefficient (Wildman–Crippen LogP) is 1.74. The number of aromatic nitrogens is 2. The van der Waals surface area contributed by atoms with Crippen molar-refractivity contribution in [2.24, 2.45) is 7.05 Å². The van der Waals surface area contributed by atoms with Crippen LogP contribution in [0.4, 0.5) is 5.69 Å². The van der Waals surface area contributed by atoms with Crippen LogP contribution in [0.25, 0.3) is 0 Å². The zero-order chi connectivity index (χ0) is 18.4. The van der Waals surface area contributed by atoms with E-state index in [-0.39, 0.29) is 17.3 Å². The molecule has 134 valence electrons. The van der Waals surface area contributed by atoms with Crippen LogP contribution in [0.2, 0.25) is 0 Å². The van der Waals surface area contributed by atoms with Gasteiger partial charge in [0, 0.05) is 44.0 Å². The molecule has 0 saturated carbocycles. The van der Waals surface area contributed by atoms with Crippen LogP contribution in [0, 0.1) is 13.8 Å². The van der Waals surface area contributed by atoms with Crippen LogP contribution < -0.4 is 5.32 Å². The molecule has 1 aromatic carbocycles. The zero-order valence-electron chi connectivity index (χ0n) is 14.8. The number of benzene rings is 1. The molecule has 3 rings (SSSR count). The van der Waals surface area contributed by atoms with Gasteiger partial charge in [-0.2, -0.15) is 9.40 Å². The highest BCUT2D eigenvalue weighted by atomic mass is 32.2. The minimum Gasteiger partial charge on any atom is -0.326 e. The average Bonchev–Trinajstić information content (AvgIpc) is 2.80. The number of sulfonamides is 1. The number of carbonyl (C=O) groups is 1. The molecule has 0 spiro atoms. The maximum absolute atomic E-state index is 12.9. The van der Waals surface area contributed by atoms with Gasteiger partial charge < -0.3 is 5.32 Å². The standard InChI is InChI=1S/C17H22N4O3S/c1-11-15(12(2)21(4)19-11)10-20(3)25(23,24)14-6-7-16-13(9-14)5-8-17(22)18-16/h6-7,9H,5,8,10H2,1-4H3,(H,18,22). The molecule has 1 aliphatic heterocycles. The molecule has 2 aromatic rings. The van der Waals surface area contributed by atoms with E-state index in [0.29, 0.717) is 18.5 Å². The quantitative estimate of drug-likeness (QED) is 0.898. The number of nitrogens with one attached hydrogen (secondary N) is 1. The van der Waals surface area contributed by atoms with Crippen molar-refractivity contribution in [3.63, 3.8) is 0 Å². The lowest BCUT2D eigenvalue weighted by Gasteiger charge is -2.21. The normalized spacial score (nSPS) is 14.5. The van der Waals surface area contributed by atoms with Gasteiger partial charge in [0.05, 0.1) is 10.6 Å². The summed E-state index contributed by atoms with van der Waals surface area (Å²) in [7, 11) is -0.208. The molecule has 0 atom stereocenters. The van der Waals surface area contributed by atoms with E-state index < -0.39 is 10.0 Å². The summed E-state index contributed by atoms with van der Waals surface area (Å²) in [6.07, 6.45) is 0.926. The van der Waals surface area contributed by atoms with Gasteiger partial charge in [0.25, 0.3) is 0 Å². The summed E-state index contributed by atoms with van der Waals surface area (Å²) in [6.45, 7) is 4.07. The molecule has 7 nitrogen and oxygen atoms in total. The Morgan fingerprint density at radius 3 is 2.64 bits per heavy atom. The largest absolute Gasteiger partial charge is 0.326 e. The van der Waals surface area contributed by atoms with Gasteiger partial charge in [-0.1, -0.05) is 0 Å². The monoisotopic (exact) mass is 362 g/mol. The van der Waals surface area contributed by atoms with Crippen molar-refractivity contribution in [2.45, 2.75) is 38.1 Å². The van der Waals surface area contributed by atoms with E-state index in [1.54, 1.807) is 29.9 Å². The van der Waals surface area contributed by atoms with Gasteiger partial charge in [0.15, 0.2) is 0 Å². The van der Waals surface area contributed by atoms with Crippen molar-refractivity contribution in [1.82, 2.24) is 14.1 Å². The van der Waals surface area contributed by atoms with Crippen LogP contribution in [0.3, 0.4) is 0 Å². The first-order valence-corrected chi connectivity index (χ1v) is 9.52. The fourth-order valence-corrected chi connectivity index (χ4v) is 4.24. The van der Waals surface area contributed by atoms with Crippen molar-refractivity contribution in [3.05, 3.63) is 40.7 Å². The summed E-state index contributed by atoms with van der Waals surface area (Å²) in [4.78, 5) is 11.7. The number of amides is 1. The SMILES string of the molecule is Cc1nn(C)c(C)c1CN(C)S(=O)(=O)c1ccc2c(c1)CCC(=O)N2. The average molecular weight is 362 g/mol. The molecule has 2 heterocycles. The summed E-state index contributed by atoms with van der Waals surface area (Å²) in [5.41, 5.74) is 4.24. The molecule has 1 N–H and O–H groups in total. The van der Waals surface area contributed by atoms with Gasteiger partial charge in [-0.25, -0.2) is 8.42 Å². The molecule has 0 bridgehead atoms. The number of hydrogen-bond donors (Lipinski definition) is 1. The second-order valence-corrected chi connectivity index (χ2v) is 8.45. The van der Waals surface area contributed by atoms with Crippen molar-refractivity contribution in [2.75, 3.05) is 12.4 Å². The topological polar surface area (TPSA) is 84.3 Å². The van der Waals surface area contributed by atoms with E-state index in [1.165, 1.54) is 4.31 Å². The van der Waals surface area contributed by atoms with E-state index in [0.717, 1.165) is 22.5 Å². The van der Waals surface area contributed by atoms with Crippen LogP contribution in [0.1, 0.15) is 28.9 Å². The molecule has 8 heteroatoms. The molecule has 1 amide bonds. The van der Waals surface area contributed by atoms with E-state index >= 15 is 0 Å². The smallest absolute Gasteiger partial charge is 0.243 e. The zero-order valence-corrected chi connectivity index (χ0v) is 15.6. The molecule has 0 fully saturated rings. The van der Waals surface area contributed by atoms with Crippen LogP contribution in [-0.4, -0.2) is 35.5 Å². The van der Waals surface area contributed by atoms with Gasteiger partial charge in [-0.15, -0.1) is 0 Å². The summed E-state index contributed by atoms with van der Waals surface area (Å²) < 4.78 is 29.0. The third kappa shape index (κ3) is 3.19. The summed E-state index contributed by atoms with van der Waals surface area (Å²) in [6, 6.07) is 4.86. The molecule has 0 saturated heterocycles. The Labute approximate surface area is 147 Å². The number of aryl methyl sites for hydroxylation is 3. The van der Waals surface area contributed by atoms with Crippen molar-refractivity contribution in [1.29, 1.82) is 0 Å². The third-order valence-electron chi connectivity index (χ3n) is 4.72. The number of hydrogen-bond acceptors (Lipinski definition) is 4. The fraction of sp³-hybridized carbons (Fsp3) is 0.412. The van der Waals surface area contributed by atoms with Gasteiger partial charge >= 0.3 is 0 Å². The van der Waals surface area contributed by atoms with Crippen LogP contribution in [-0.2, 0) is 34.8 Å². The number of carbonyl (C=O) groups excluding carboxylic acids is 1. The first-order chi connectivity index (χ1) is 11.7. The van der Waals surface area contributed by atoms with Gasteiger partial charge in [0.2, 0.25) is 15.9 Å². The van der Waals surface area contributed by atoms with E-state index in [1.807, 2.05) is 20.9 Å². The van der Waals surface area contributed by atoms with E-state index in [9.17, 15) is 13.2 Å². The highest BCUT2D eigenvalue weighted by Gasteiger charge is 2.25. The molecule has 0 radical (unpaired) electrons. The highest BCUT2D eigenvalue weighted by Crippen LogP contribution is 2.27. The molecule has 1 aromatic heterocycles. The number of rotatable bonds is 4. The Kier molecular flexibility index (Phi) is 4.42. The molecule has 0 unspecified atom stereocenters. The lowest BCUT2D eigenvalue weighted by atomic mass is 10.0. The summed E-state index contributed by atoms with van der Waals surface area (Å²) in [5.74, 6) is -0.0391. The second-order valence-electron chi connectivity index (χ2n) is 6.40. The second kappa shape index (κ2) is 6.27. The first-order valence-electron chi connectivity index (χ1n) is 8.08. The Balaban J connectivity index is 1.89. The lowest BCUT2D eigenvalue weighted by molar-refractivity contribution is -0.116. The third-order valence-corrected chi connectivity index (χ3v) is 6.52. The Morgan fingerprint density at radius 1 is 1.28 bits per heavy atom. The number of anilines is 1. The van der Waals surface area contributed by atoms with Gasteiger partial charge in [0.1, 0.15) is 0 Å². The Hall–Kier alpha value is -2.19. The maximum atomic E-state index is 12.9. The summed E-state index contributed by atoms with van der Waals surface area (Å²) >= 11 is 0. The molecular formula is C17H22N4O3S.